The van der Waals surface area contributed by atoms with Crippen LogP contribution in [0.1, 0.15) is 18.6 Å². The molecule has 0 spiro atoms. The van der Waals surface area contributed by atoms with Crippen LogP contribution in [-0.2, 0) is 16.1 Å². The van der Waals surface area contributed by atoms with Gasteiger partial charge in [0.25, 0.3) is 5.89 Å². The highest BCUT2D eigenvalue weighted by atomic mass is 16.5. The lowest BCUT2D eigenvalue weighted by atomic mass is 10.1. The Kier molecular flexibility index (Phi) is 4.72. The van der Waals surface area contributed by atoms with Crippen LogP contribution in [0.15, 0.2) is 4.52 Å². The van der Waals surface area contributed by atoms with Crippen LogP contribution < -0.4 is 0 Å². The van der Waals surface area contributed by atoms with Gasteiger partial charge in [0.05, 0.1) is 0 Å². The second-order valence-electron chi connectivity index (χ2n) is 5.54. The maximum absolute atomic E-state index is 12.1. The third kappa shape index (κ3) is 3.55. The van der Waals surface area contributed by atoms with Crippen molar-refractivity contribution in [2.24, 2.45) is 5.92 Å². The van der Waals surface area contributed by atoms with Crippen molar-refractivity contribution in [1.29, 1.82) is 0 Å². The van der Waals surface area contributed by atoms with Crippen molar-refractivity contribution in [2.75, 3.05) is 33.8 Å². The largest absolute Gasteiger partial charge is 0.362 e. The summed E-state index contributed by atoms with van der Waals surface area (Å²) in [5, 5.41) is 3.66. The first-order chi connectivity index (χ1) is 9.47. The summed E-state index contributed by atoms with van der Waals surface area (Å²) in [6, 6.07) is 0.414. The van der Waals surface area contributed by atoms with E-state index >= 15 is 0 Å². The molecule has 7 heteroatoms. The molecule has 20 heavy (non-hydrogen) atoms. The Morgan fingerprint density at radius 2 is 2.25 bits per heavy atom. The maximum Gasteiger partial charge on any atom is 0.252 e. The summed E-state index contributed by atoms with van der Waals surface area (Å²) in [4.78, 5) is 20.1. The number of aromatic nitrogens is 2. The van der Waals surface area contributed by atoms with Crippen LogP contribution in [0.25, 0.3) is 0 Å². The van der Waals surface area contributed by atoms with Crippen molar-refractivity contribution in [1.82, 2.24) is 19.9 Å². The Labute approximate surface area is 118 Å². The van der Waals surface area contributed by atoms with Crippen LogP contribution in [0.5, 0.6) is 0 Å². The minimum Gasteiger partial charge on any atom is -0.362 e. The quantitative estimate of drug-likeness (QED) is 0.773. The third-order valence-electron chi connectivity index (χ3n) is 3.61. The molecule has 1 aliphatic heterocycles. The molecule has 112 valence electrons. The van der Waals surface area contributed by atoms with E-state index in [2.05, 4.69) is 22.0 Å². The van der Waals surface area contributed by atoms with E-state index in [1.165, 1.54) is 0 Å². The standard InChI is InChI=1S/C13H22N4O3/c1-9-5-17(6-11(9)16(3)4)13(18)8-19-7-12-14-10(2)15-20-12/h9,11H,5-8H2,1-4H3/t9-,11-/m1/s1. The summed E-state index contributed by atoms with van der Waals surface area (Å²) in [5.41, 5.74) is 0. The Morgan fingerprint density at radius 1 is 1.50 bits per heavy atom. The highest BCUT2D eigenvalue weighted by molar-refractivity contribution is 5.77. The van der Waals surface area contributed by atoms with Gasteiger partial charge < -0.3 is 19.1 Å². The van der Waals surface area contributed by atoms with E-state index in [-0.39, 0.29) is 19.1 Å². The molecule has 1 saturated heterocycles. The van der Waals surface area contributed by atoms with Crippen LogP contribution in [-0.4, -0.2) is 65.7 Å². The van der Waals surface area contributed by atoms with Gasteiger partial charge in [0.1, 0.15) is 13.2 Å². The molecule has 2 atom stereocenters. The number of nitrogens with zero attached hydrogens (tertiary/aromatic N) is 4. The van der Waals surface area contributed by atoms with Crippen LogP contribution in [0.2, 0.25) is 0 Å². The van der Waals surface area contributed by atoms with Crippen molar-refractivity contribution in [2.45, 2.75) is 26.5 Å². The Hall–Kier alpha value is -1.47. The van der Waals surface area contributed by atoms with Gasteiger partial charge in [0.2, 0.25) is 5.91 Å². The molecule has 0 aromatic carbocycles. The summed E-state index contributed by atoms with van der Waals surface area (Å²) in [5.74, 6) is 1.46. The van der Waals surface area contributed by atoms with E-state index < -0.39 is 0 Å². The van der Waals surface area contributed by atoms with Crippen LogP contribution in [0.3, 0.4) is 0 Å². The van der Waals surface area contributed by atoms with Crippen molar-refractivity contribution < 1.29 is 14.1 Å². The average Bonchev–Trinajstić information content (AvgIpc) is 2.95. The minimum atomic E-state index is 0.0115. The predicted molar refractivity (Wildman–Crippen MR) is 71.9 cm³/mol. The minimum absolute atomic E-state index is 0.0115. The van der Waals surface area contributed by atoms with Gasteiger partial charge >= 0.3 is 0 Å². The topological polar surface area (TPSA) is 71.7 Å². The van der Waals surface area contributed by atoms with Crippen molar-refractivity contribution >= 4 is 5.91 Å². The predicted octanol–water partition coefficient (Wildman–Crippen LogP) is 0.303. The summed E-state index contributed by atoms with van der Waals surface area (Å²) in [6.07, 6.45) is 0. The van der Waals surface area contributed by atoms with Gasteiger partial charge in [0.15, 0.2) is 5.82 Å². The molecule has 1 fully saturated rings. The fraction of sp³-hybridized carbons (Fsp3) is 0.769. The maximum atomic E-state index is 12.1. The molecule has 1 aliphatic rings. The zero-order valence-corrected chi connectivity index (χ0v) is 12.5. The number of likely N-dealkylation sites (tertiary alicyclic amines) is 1. The molecule has 1 amide bonds. The smallest absolute Gasteiger partial charge is 0.252 e. The lowest BCUT2D eigenvalue weighted by Gasteiger charge is -2.22. The number of aryl methyl sites for hydroxylation is 1. The summed E-state index contributed by atoms with van der Waals surface area (Å²) >= 11 is 0. The molecule has 0 saturated carbocycles. The highest BCUT2D eigenvalue weighted by Gasteiger charge is 2.33. The molecule has 2 heterocycles. The monoisotopic (exact) mass is 282 g/mol. The fourth-order valence-corrected chi connectivity index (χ4v) is 2.54. The SMILES string of the molecule is Cc1noc(COCC(=O)N2C[C@@H](C)[C@H](N(C)C)C2)n1. The Balaban J connectivity index is 1.75. The van der Waals surface area contributed by atoms with Gasteiger partial charge in [-0.05, 0) is 26.9 Å². The number of likely N-dealkylation sites (N-methyl/N-ethyl adjacent to an activating group) is 1. The molecule has 0 unspecified atom stereocenters. The highest BCUT2D eigenvalue weighted by Crippen LogP contribution is 2.19. The zero-order chi connectivity index (χ0) is 14.7. The number of hydrogen-bond acceptors (Lipinski definition) is 6. The van der Waals surface area contributed by atoms with Crippen LogP contribution >= 0.6 is 0 Å². The van der Waals surface area contributed by atoms with Gasteiger partial charge in [-0.1, -0.05) is 12.1 Å². The van der Waals surface area contributed by atoms with E-state index in [1.54, 1.807) is 6.92 Å². The Morgan fingerprint density at radius 3 is 2.80 bits per heavy atom. The van der Waals surface area contributed by atoms with E-state index in [4.69, 9.17) is 9.26 Å². The van der Waals surface area contributed by atoms with E-state index in [0.717, 1.165) is 13.1 Å². The number of amides is 1. The van der Waals surface area contributed by atoms with Gasteiger partial charge in [-0.15, -0.1) is 0 Å². The number of carbonyl (C=O) groups is 1. The summed E-state index contributed by atoms with van der Waals surface area (Å²) in [6.45, 7) is 5.67. The lowest BCUT2D eigenvalue weighted by Crippen LogP contribution is -2.36. The number of rotatable bonds is 5. The molecule has 0 radical (unpaired) electrons. The second kappa shape index (κ2) is 6.32. The van der Waals surface area contributed by atoms with Crippen molar-refractivity contribution in [3.8, 4) is 0 Å². The first-order valence-electron chi connectivity index (χ1n) is 6.78. The molecular formula is C13H22N4O3. The third-order valence-corrected chi connectivity index (χ3v) is 3.61. The number of carbonyl (C=O) groups excluding carboxylic acids is 1. The molecule has 1 aromatic rings. The summed E-state index contributed by atoms with van der Waals surface area (Å²) < 4.78 is 10.3. The van der Waals surface area contributed by atoms with Crippen molar-refractivity contribution in [3.05, 3.63) is 11.7 Å². The molecule has 7 nitrogen and oxygen atoms in total. The first-order valence-corrected chi connectivity index (χ1v) is 6.78. The average molecular weight is 282 g/mol. The van der Waals surface area contributed by atoms with Gasteiger partial charge in [0, 0.05) is 19.1 Å². The molecule has 0 N–H and O–H groups in total. The van der Waals surface area contributed by atoms with E-state index in [1.807, 2.05) is 19.0 Å². The first kappa shape index (κ1) is 14.9. The zero-order valence-electron chi connectivity index (χ0n) is 12.5. The van der Waals surface area contributed by atoms with Gasteiger partial charge in [-0.25, -0.2) is 0 Å². The van der Waals surface area contributed by atoms with Crippen LogP contribution in [0.4, 0.5) is 0 Å². The lowest BCUT2D eigenvalue weighted by molar-refractivity contribution is -0.136. The van der Waals surface area contributed by atoms with Gasteiger partial charge in [-0.2, -0.15) is 4.98 Å². The van der Waals surface area contributed by atoms with E-state index in [9.17, 15) is 4.79 Å². The van der Waals surface area contributed by atoms with Gasteiger partial charge in [-0.3, -0.25) is 4.79 Å². The Bertz CT molecular complexity index is 460. The molecule has 1 aromatic heterocycles. The number of hydrogen-bond donors (Lipinski definition) is 0. The molecule has 0 aliphatic carbocycles. The van der Waals surface area contributed by atoms with E-state index in [0.29, 0.717) is 23.7 Å². The number of ether oxygens (including phenoxy) is 1. The molecule has 2 rings (SSSR count). The fourth-order valence-electron chi connectivity index (χ4n) is 2.54. The second-order valence-corrected chi connectivity index (χ2v) is 5.54. The molecular weight excluding hydrogens is 260 g/mol. The van der Waals surface area contributed by atoms with Crippen molar-refractivity contribution in [3.63, 3.8) is 0 Å². The van der Waals surface area contributed by atoms with Crippen LogP contribution in [0, 0.1) is 12.8 Å². The molecule has 0 bridgehead atoms. The normalized spacial score (nSPS) is 22.8. The summed E-state index contributed by atoms with van der Waals surface area (Å²) in [7, 11) is 4.09.